The molecule has 0 saturated carbocycles. The third-order valence-electron chi connectivity index (χ3n) is 4.97. The molecule has 0 radical (unpaired) electrons. The molecule has 1 atom stereocenters. The number of amides is 1. The Labute approximate surface area is 125 Å². The minimum absolute atomic E-state index is 0.0167. The van der Waals surface area contributed by atoms with Crippen molar-refractivity contribution in [1.82, 2.24) is 9.80 Å². The first-order chi connectivity index (χ1) is 10.0. The molecule has 1 spiro atoms. The quantitative estimate of drug-likeness (QED) is 0.835. The molecule has 0 bridgehead atoms. The minimum Gasteiger partial charge on any atom is -0.469 e. The summed E-state index contributed by atoms with van der Waals surface area (Å²) >= 11 is 0. The van der Waals surface area contributed by atoms with Crippen molar-refractivity contribution in [2.24, 2.45) is 0 Å². The lowest BCUT2D eigenvalue weighted by molar-refractivity contribution is -0.0392. The van der Waals surface area contributed by atoms with Gasteiger partial charge < -0.3 is 19.0 Å². The van der Waals surface area contributed by atoms with Crippen molar-refractivity contribution in [2.45, 2.75) is 37.8 Å². The van der Waals surface area contributed by atoms with Crippen molar-refractivity contribution in [2.75, 3.05) is 33.8 Å². The summed E-state index contributed by atoms with van der Waals surface area (Å²) in [5.41, 5.74) is 0.668. The molecule has 1 unspecified atom stereocenters. The Morgan fingerprint density at radius 1 is 1.38 bits per heavy atom. The molecule has 5 heteroatoms. The molecule has 5 nitrogen and oxygen atoms in total. The number of piperidine rings is 1. The van der Waals surface area contributed by atoms with Gasteiger partial charge in [0.1, 0.15) is 5.76 Å². The summed E-state index contributed by atoms with van der Waals surface area (Å²) in [6.07, 6.45) is 4.52. The van der Waals surface area contributed by atoms with Gasteiger partial charge in [-0.2, -0.15) is 0 Å². The third kappa shape index (κ3) is 2.72. The van der Waals surface area contributed by atoms with Crippen molar-refractivity contribution in [3.05, 3.63) is 23.7 Å². The first kappa shape index (κ1) is 14.6. The van der Waals surface area contributed by atoms with Gasteiger partial charge in [-0.1, -0.05) is 0 Å². The second kappa shape index (κ2) is 5.46. The Bertz CT molecular complexity index is 515. The summed E-state index contributed by atoms with van der Waals surface area (Å²) in [6.45, 7) is 4.18. The lowest BCUT2D eigenvalue weighted by atomic mass is 9.87. The number of furan rings is 1. The van der Waals surface area contributed by atoms with E-state index in [1.54, 1.807) is 12.3 Å². The van der Waals surface area contributed by atoms with Crippen LogP contribution in [0.25, 0.3) is 0 Å². The number of carbonyl (C=O) groups is 1. The Morgan fingerprint density at radius 3 is 2.62 bits per heavy atom. The molecule has 0 aromatic carbocycles. The Kier molecular flexibility index (Phi) is 3.80. The second-order valence-electron chi connectivity index (χ2n) is 6.50. The van der Waals surface area contributed by atoms with Crippen LogP contribution >= 0.6 is 0 Å². The fourth-order valence-electron chi connectivity index (χ4n) is 3.39. The summed E-state index contributed by atoms with van der Waals surface area (Å²) in [7, 11) is 4.21. The number of likely N-dealkylation sites (tertiary alicyclic amines) is 1. The van der Waals surface area contributed by atoms with E-state index in [2.05, 4.69) is 19.0 Å². The molecule has 1 amide bonds. The molecule has 3 rings (SSSR count). The molecule has 116 valence electrons. The fourth-order valence-corrected chi connectivity index (χ4v) is 3.39. The zero-order chi connectivity index (χ0) is 15.0. The van der Waals surface area contributed by atoms with Gasteiger partial charge in [-0.3, -0.25) is 4.79 Å². The summed E-state index contributed by atoms with van der Waals surface area (Å²) in [5.74, 6) is 0.781. The lowest BCUT2D eigenvalue weighted by Crippen LogP contribution is -2.47. The molecule has 2 aliphatic rings. The van der Waals surface area contributed by atoms with Gasteiger partial charge in [-0.15, -0.1) is 0 Å². The maximum absolute atomic E-state index is 12.5. The minimum atomic E-state index is -0.0167. The monoisotopic (exact) mass is 292 g/mol. The van der Waals surface area contributed by atoms with Gasteiger partial charge in [0, 0.05) is 19.1 Å². The zero-order valence-electron chi connectivity index (χ0n) is 13.1. The van der Waals surface area contributed by atoms with Crippen molar-refractivity contribution < 1.29 is 13.9 Å². The molecule has 2 fully saturated rings. The number of nitrogens with zero attached hydrogens (tertiary/aromatic N) is 2. The second-order valence-corrected chi connectivity index (χ2v) is 6.50. The molecule has 0 N–H and O–H groups in total. The number of hydrogen-bond donors (Lipinski definition) is 0. The number of likely N-dealkylation sites (N-methyl/N-ethyl adjacent to an activating group) is 1. The highest BCUT2D eigenvalue weighted by Gasteiger charge is 2.44. The maximum atomic E-state index is 12.5. The summed E-state index contributed by atoms with van der Waals surface area (Å²) in [6, 6.07) is 2.26. The predicted octanol–water partition coefficient (Wildman–Crippen LogP) is 1.91. The molecule has 3 heterocycles. The van der Waals surface area contributed by atoms with Crippen LogP contribution in [0.3, 0.4) is 0 Å². The van der Waals surface area contributed by atoms with Crippen LogP contribution in [0.5, 0.6) is 0 Å². The SMILES string of the molecule is Cc1occc1C(=O)N1CCC2(CC1)CC(N(C)C)CO2. The van der Waals surface area contributed by atoms with Crippen molar-refractivity contribution in [3.63, 3.8) is 0 Å². The predicted molar refractivity (Wildman–Crippen MR) is 79.4 cm³/mol. The molecular weight excluding hydrogens is 268 g/mol. The van der Waals surface area contributed by atoms with Crippen LogP contribution in [-0.4, -0.2) is 61.1 Å². The van der Waals surface area contributed by atoms with Crippen LogP contribution in [-0.2, 0) is 4.74 Å². The first-order valence-electron chi connectivity index (χ1n) is 7.64. The Hall–Kier alpha value is -1.33. The van der Waals surface area contributed by atoms with E-state index in [1.807, 2.05) is 11.8 Å². The highest BCUT2D eigenvalue weighted by molar-refractivity contribution is 5.95. The molecule has 1 aromatic rings. The van der Waals surface area contributed by atoms with E-state index in [-0.39, 0.29) is 11.5 Å². The zero-order valence-corrected chi connectivity index (χ0v) is 13.1. The summed E-state index contributed by atoms with van der Waals surface area (Å²) < 4.78 is 11.3. The summed E-state index contributed by atoms with van der Waals surface area (Å²) in [4.78, 5) is 16.6. The number of aryl methyl sites for hydroxylation is 1. The molecule has 2 saturated heterocycles. The number of hydrogen-bond acceptors (Lipinski definition) is 4. The Morgan fingerprint density at radius 2 is 2.10 bits per heavy atom. The third-order valence-corrected chi connectivity index (χ3v) is 4.97. The van der Waals surface area contributed by atoms with E-state index in [4.69, 9.17) is 9.15 Å². The van der Waals surface area contributed by atoms with Gasteiger partial charge in [0.25, 0.3) is 5.91 Å². The molecular formula is C16H24N2O3. The first-order valence-corrected chi connectivity index (χ1v) is 7.64. The molecule has 2 aliphatic heterocycles. The standard InChI is InChI=1S/C16H24N2O3/c1-12-14(4-9-20-12)15(19)18-7-5-16(6-8-18)10-13(11-21-16)17(2)3/h4,9,13H,5-8,10-11H2,1-3H3. The smallest absolute Gasteiger partial charge is 0.257 e. The molecule has 21 heavy (non-hydrogen) atoms. The van der Waals surface area contributed by atoms with Crippen LogP contribution in [0.4, 0.5) is 0 Å². The van der Waals surface area contributed by atoms with Crippen LogP contribution in [0.1, 0.15) is 35.4 Å². The van der Waals surface area contributed by atoms with Gasteiger partial charge >= 0.3 is 0 Å². The summed E-state index contributed by atoms with van der Waals surface area (Å²) in [5, 5.41) is 0. The van der Waals surface area contributed by atoms with Crippen molar-refractivity contribution in [3.8, 4) is 0 Å². The molecule has 1 aromatic heterocycles. The van der Waals surface area contributed by atoms with Crippen LogP contribution in [0.15, 0.2) is 16.7 Å². The number of ether oxygens (including phenoxy) is 1. The van der Waals surface area contributed by atoms with Crippen LogP contribution in [0.2, 0.25) is 0 Å². The van der Waals surface area contributed by atoms with E-state index in [1.165, 1.54) is 0 Å². The van der Waals surface area contributed by atoms with Crippen molar-refractivity contribution >= 4 is 5.91 Å². The average Bonchev–Trinajstić information content (AvgIpc) is 3.06. The van der Waals surface area contributed by atoms with E-state index < -0.39 is 0 Å². The topological polar surface area (TPSA) is 45.9 Å². The van der Waals surface area contributed by atoms with Gasteiger partial charge in [-0.05, 0) is 46.3 Å². The molecule has 0 aliphatic carbocycles. The highest BCUT2D eigenvalue weighted by atomic mass is 16.5. The van der Waals surface area contributed by atoms with Gasteiger partial charge in [-0.25, -0.2) is 0 Å². The largest absolute Gasteiger partial charge is 0.469 e. The van der Waals surface area contributed by atoms with Gasteiger partial charge in [0.15, 0.2) is 0 Å². The lowest BCUT2D eigenvalue weighted by Gasteiger charge is -2.38. The highest BCUT2D eigenvalue weighted by Crippen LogP contribution is 2.37. The van der Waals surface area contributed by atoms with Crippen LogP contribution in [0, 0.1) is 6.92 Å². The van der Waals surface area contributed by atoms with Crippen molar-refractivity contribution in [1.29, 1.82) is 0 Å². The fraction of sp³-hybridized carbons (Fsp3) is 0.688. The number of rotatable bonds is 2. The normalized spacial score (nSPS) is 25.0. The van der Waals surface area contributed by atoms with E-state index >= 15 is 0 Å². The maximum Gasteiger partial charge on any atom is 0.257 e. The van der Waals surface area contributed by atoms with E-state index in [0.717, 1.165) is 39.0 Å². The average molecular weight is 292 g/mol. The van der Waals surface area contributed by atoms with E-state index in [9.17, 15) is 4.79 Å². The van der Waals surface area contributed by atoms with Crippen LogP contribution < -0.4 is 0 Å². The van der Waals surface area contributed by atoms with Gasteiger partial charge in [0.2, 0.25) is 0 Å². The van der Waals surface area contributed by atoms with Gasteiger partial charge in [0.05, 0.1) is 24.0 Å². The van der Waals surface area contributed by atoms with E-state index in [0.29, 0.717) is 17.4 Å². The Balaban J connectivity index is 1.61. The number of carbonyl (C=O) groups excluding carboxylic acids is 1.